The molecule has 3 rings (SSSR count). The van der Waals surface area contributed by atoms with Gasteiger partial charge in [-0.15, -0.1) is 11.8 Å². The van der Waals surface area contributed by atoms with Crippen molar-refractivity contribution in [2.75, 3.05) is 17.6 Å². The summed E-state index contributed by atoms with van der Waals surface area (Å²) in [5.74, 6) is 1.06. The number of thioether (sulfide) groups is 1. The normalized spacial score (nSPS) is 14.9. The highest BCUT2D eigenvalue weighted by atomic mass is 35.5. The maximum atomic E-state index is 5.94. The van der Waals surface area contributed by atoms with E-state index in [0.29, 0.717) is 0 Å². The first kappa shape index (κ1) is 14.2. The number of rotatable bonds is 4. The van der Waals surface area contributed by atoms with E-state index < -0.39 is 0 Å². The second kappa shape index (κ2) is 6.83. The number of anilines is 1. The van der Waals surface area contributed by atoms with Crippen LogP contribution in [0.4, 0.5) is 5.69 Å². The first-order chi connectivity index (χ1) is 10.3. The van der Waals surface area contributed by atoms with Crippen LogP contribution >= 0.6 is 23.4 Å². The Morgan fingerprint density at radius 1 is 1.10 bits per heavy atom. The summed E-state index contributed by atoms with van der Waals surface area (Å²) in [6.45, 7) is 0.902. The van der Waals surface area contributed by atoms with Gasteiger partial charge in [-0.3, -0.25) is 4.99 Å². The molecule has 2 aromatic carbocycles. The SMILES string of the molecule is Clc1ccc(NC(=CC2=NCCS2)c2ccccc2)cc1. The predicted octanol–water partition coefficient (Wildman–Crippen LogP) is 4.94. The molecule has 0 aromatic heterocycles. The van der Waals surface area contributed by atoms with Crippen LogP contribution in [0.25, 0.3) is 5.70 Å². The van der Waals surface area contributed by atoms with Gasteiger partial charge in [0.25, 0.3) is 0 Å². The smallest absolute Gasteiger partial charge is 0.0926 e. The summed E-state index contributed by atoms with van der Waals surface area (Å²) in [4.78, 5) is 4.50. The summed E-state index contributed by atoms with van der Waals surface area (Å²) in [5.41, 5.74) is 3.20. The highest BCUT2D eigenvalue weighted by Crippen LogP contribution is 2.23. The summed E-state index contributed by atoms with van der Waals surface area (Å²) < 4.78 is 0. The van der Waals surface area contributed by atoms with Crippen LogP contribution in [0.15, 0.2) is 65.7 Å². The van der Waals surface area contributed by atoms with Gasteiger partial charge in [0.1, 0.15) is 0 Å². The van der Waals surface area contributed by atoms with Crippen LogP contribution < -0.4 is 5.32 Å². The van der Waals surface area contributed by atoms with Gasteiger partial charge < -0.3 is 5.32 Å². The molecule has 0 fully saturated rings. The van der Waals surface area contributed by atoms with E-state index in [0.717, 1.165) is 39.3 Å². The highest BCUT2D eigenvalue weighted by Gasteiger charge is 2.08. The fraction of sp³-hybridized carbons (Fsp3) is 0.118. The van der Waals surface area contributed by atoms with E-state index >= 15 is 0 Å². The number of hydrogen-bond acceptors (Lipinski definition) is 3. The molecule has 0 bridgehead atoms. The molecule has 0 saturated heterocycles. The van der Waals surface area contributed by atoms with Crippen LogP contribution in [0.2, 0.25) is 5.02 Å². The van der Waals surface area contributed by atoms with Crippen molar-refractivity contribution < 1.29 is 0 Å². The number of aliphatic imine (C=N–C) groups is 1. The van der Waals surface area contributed by atoms with E-state index in [1.807, 2.05) is 42.5 Å². The summed E-state index contributed by atoms with van der Waals surface area (Å²) in [6, 6.07) is 18.0. The van der Waals surface area contributed by atoms with Crippen molar-refractivity contribution in [1.82, 2.24) is 0 Å². The Balaban J connectivity index is 1.90. The fourth-order valence-corrected chi connectivity index (χ4v) is 2.96. The van der Waals surface area contributed by atoms with Gasteiger partial charge in [0.05, 0.1) is 5.04 Å². The first-order valence-corrected chi connectivity index (χ1v) is 8.14. The topological polar surface area (TPSA) is 24.4 Å². The first-order valence-electron chi connectivity index (χ1n) is 6.78. The minimum Gasteiger partial charge on any atom is -0.355 e. The molecule has 0 unspecified atom stereocenters. The second-order valence-electron chi connectivity index (χ2n) is 4.62. The Labute approximate surface area is 133 Å². The molecule has 106 valence electrons. The fourth-order valence-electron chi connectivity index (χ4n) is 2.06. The maximum Gasteiger partial charge on any atom is 0.0926 e. The van der Waals surface area contributed by atoms with Crippen LogP contribution in [0.3, 0.4) is 0 Å². The molecule has 1 heterocycles. The van der Waals surface area contributed by atoms with Crippen molar-refractivity contribution in [2.24, 2.45) is 4.99 Å². The number of nitrogens with zero attached hydrogens (tertiary/aromatic N) is 1. The number of nitrogens with one attached hydrogen (secondary N) is 1. The highest BCUT2D eigenvalue weighted by molar-refractivity contribution is 8.14. The Bertz CT molecular complexity index is 663. The van der Waals surface area contributed by atoms with Gasteiger partial charge in [-0.1, -0.05) is 41.9 Å². The van der Waals surface area contributed by atoms with Crippen LogP contribution in [0.5, 0.6) is 0 Å². The van der Waals surface area contributed by atoms with Crippen molar-refractivity contribution in [3.05, 3.63) is 71.3 Å². The van der Waals surface area contributed by atoms with Gasteiger partial charge in [0, 0.05) is 28.7 Å². The van der Waals surface area contributed by atoms with Crippen LogP contribution in [0.1, 0.15) is 5.56 Å². The molecule has 0 saturated carbocycles. The Morgan fingerprint density at radius 2 is 1.86 bits per heavy atom. The van der Waals surface area contributed by atoms with Gasteiger partial charge in [0.2, 0.25) is 0 Å². The number of hydrogen-bond donors (Lipinski definition) is 1. The van der Waals surface area contributed by atoms with Crippen LogP contribution in [-0.2, 0) is 0 Å². The lowest BCUT2D eigenvalue weighted by Gasteiger charge is -2.12. The van der Waals surface area contributed by atoms with Gasteiger partial charge in [0.15, 0.2) is 0 Å². The summed E-state index contributed by atoms with van der Waals surface area (Å²) in [7, 11) is 0. The zero-order valence-corrected chi connectivity index (χ0v) is 13.0. The molecule has 0 spiro atoms. The third-order valence-electron chi connectivity index (χ3n) is 3.08. The van der Waals surface area contributed by atoms with Gasteiger partial charge in [-0.2, -0.15) is 0 Å². The zero-order chi connectivity index (χ0) is 14.5. The number of benzene rings is 2. The average Bonchev–Trinajstić information content (AvgIpc) is 3.03. The van der Waals surface area contributed by atoms with Crippen molar-refractivity contribution in [1.29, 1.82) is 0 Å². The minimum absolute atomic E-state index is 0.738. The maximum absolute atomic E-state index is 5.94. The standard InChI is InChI=1S/C17H15ClN2S/c18-14-6-8-15(9-7-14)20-16(12-17-19-10-11-21-17)13-4-2-1-3-5-13/h1-9,12,20H,10-11H2. The lowest BCUT2D eigenvalue weighted by Crippen LogP contribution is -2.00. The zero-order valence-electron chi connectivity index (χ0n) is 11.4. The molecular weight excluding hydrogens is 300 g/mol. The van der Waals surface area contributed by atoms with E-state index in [9.17, 15) is 0 Å². The number of halogens is 1. The van der Waals surface area contributed by atoms with Gasteiger partial charge >= 0.3 is 0 Å². The van der Waals surface area contributed by atoms with Crippen LogP contribution in [-0.4, -0.2) is 17.3 Å². The third kappa shape index (κ3) is 3.90. The summed E-state index contributed by atoms with van der Waals surface area (Å²) in [5, 5.41) is 5.27. The Kier molecular flexibility index (Phi) is 4.63. The monoisotopic (exact) mass is 314 g/mol. The summed E-state index contributed by atoms with van der Waals surface area (Å²) in [6.07, 6.45) is 2.11. The second-order valence-corrected chi connectivity index (χ2v) is 6.18. The minimum atomic E-state index is 0.738. The van der Waals surface area contributed by atoms with E-state index in [1.54, 1.807) is 11.8 Å². The van der Waals surface area contributed by atoms with Gasteiger partial charge in [-0.05, 0) is 35.9 Å². The molecule has 1 N–H and O–H groups in total. The van der Waals surface area contributed by atoms with Crippen molar-refractivity contribution >= 4 is 39.8 Å². The van der Waals surface area contributed by atoms with Crippen molar-refractivity contribution in [3.63, 3.8) is 0 Å². The average molecular weight is 315 g/mol. The Morgan fingerprint density at radius 3 is 2.52 bits per heavy atom. The molecule has 4 heteroatoms. The third-order valence-corrected chi connectivity index (χ3v) is 4.27. The van der Waals surface area contributed by atoms with E-state index in [-0.39, 0.29) is 0 Å². The lowest BCUT2D eigenvalue weighted by atomic mass is 10.1. The van der Waals surface area contributed by atoms with Crippen molar-refractivity contribution in [2.45, 2.75) is 0 Å². The molecular formula is C17H15ClN2S. The Hall–Kier alpha value is -1.71. The van der Waals surface area contributed by atoms with E-state index in [2.05, 4.69) is 28.5 Å². The molecule has 2 aromatic rings. The predicted molar refractivity (Wildman–Crippen MR) is 94.3 cm³/mol. The van der Waals surface area contributed by atoms with Crippen molar-refractivity contribution in [3.8, 4) is 0 Å². The molecule has 21 heavy (non-hydrogen) atoms. The summed E-state index contributed by atoms with van der Waals surface area (Å²) >= 11 is 7.73. The lowest BCUT2D eigenvalue weighted by molar-refractivity contribution is 1.18. The molecule has 0 amide bonds. The van der Waals surface area contributed by atoms with Gasteiger partial charge in [-0.25, -0.2) is 0 Å². The van der Waals surface area contributed by atoms with E-state index in [1.165, 1.54) is 0 Å². The van der Waals surface area contributed by atoms with Crippen LogP contribution in [0, 0.1) is 0 Å². The molecule has 2 nitrogen and oxygen atoms in total. The largest absolute Gasteiger partial charge is 0.355 e. The molecule has 1 aliphatic heterocycles. The molecule has 0 radical (unpaired) electrons. The van der Waals surface area contributed by atoms with E-state index in [4.69, 9.17) is 11.6 Å². The molecule has 0 atom stereocenters. The quantitative estimate of drug-likeness (QED) is 0.864. The molecule has 1 aliphatic rings. The molecule has 0 aliphatic carbocycles.